The van der Waals surface area contributed by atoms with Crippen molar-refractivity contribution < 1.29 is 4.74 Å². The lowest BCUT2D eigenvalue weighted by atomic mass is 10.1. The van der Waals surface area contributed by atoms with Crippen molar-refractivity contribution in [1.29, 1.82) is 0 Å². The quantitative estimate of drug-likeness (QED) is 0.184. The largest absolute Gasteiger partial charge is 0.497 e. The molecule has 3 aromatic carbocycles. The Kier molecular flexibility index (Phi) is 6.51. The smallest absolute Gasteiger partial charge is 0.195 e. The van der Waals surface area contributed by atoms with Gasteiger partial charge in [-0.2, -0.15) is 0 Å². The first kappa shape index (κ1) is 22.2. The van der Waals surface area contributed by atoms with Gasteiger partial charge in [0.25, 0.3) is 0 Å². The van der Waals surface area contributed by atoms with E-state index in [1.807, 2.05) is 72.8 Å². The SMILES string of the molecule is COc1ccc(-c2cc3c(Sc4cccc(Cl)c4)nc(Sc4cccc(Cl)c4)nc3[nH]2)cc1. The van der Waals surface area contributed by atoms with Crippen molar-refractivity contribution >= 4 is 57.8 Å². The highest BCUT2D eigenvalue weighted by atomic mass is 35.5. The van der Waals surface area contributed by atoms with E-state index in [1.165, 1.54) is 11.8 Å². The second-order valence-electron chi connectivity index (χ2n) is 7.10. The van der Waals surface area contributed by atoms with Crippen LogP contribution in [0, 0.1) is 0 Å². The lowest BCUT2D eigenvalue weighted by molar-refractivity contribution is 0.415. The van der Waals surface area contributed by atoms with Crippen LogP contribution in [0.15, 0.2) is 98.8 Å². The summed E-state index contributed by atoms with van der Waals surface area (Å²) in [6.07, 6.45) is 0. The third-order valence-electron chi connectivity index (χ3n) is 4.85. The van der Waals surface area contributed by atoms with E-state index in [0.717, 1.165) is 42.9 Å². The number of halogens is 2. The molecule has 1 N–H and O–H groups in total. The fraction of sp³-hybridized carbons (Fsp3) is 0.0400. The van der Waals surface area contributed by atoms with Crippen molar-refractivity contribution in [1.82, 2.24) is 15.0 Å². The first-order valence-electron chi connectivity index (χ1n) is 9.99. The molecule has 4 nitrogen and oxygen atoms in total. The van der Waals surface area contributed by atoms with Crippen molar-refractivity contribution in [2.24, 2.45) is 0 Å². The van der Waals surface area contributed by atoms with Crippen LogP contribution in [0.3, 0.4) is 0 Å². The van der Waals surface area contributed by atoms with E-state index >= 15 is 0 Å². The highest BCUT2D eigenvalue weighted by molar-refractivity contribution is 8.00. The van der Waals surface area contributed by atoms with Gasteiger partial charge in [-0.3, -0.25) is 0 Å². The van der Waals surface area contributed by atoms with Gasteiger partial charge >= 0.3 is 0 Å². The zero-order chi connectivity index (χ0) is 22.8. The monoisotopic (exact) mass is 509 g/mol. The predicted molar refractivity (Wildman–Crippen MR) is 137 cm³/mol. The van der Waals surface area contributed by atoms with Crippen LogP contribution in [-0.4, -0.2) is 22.1 Å². The second kappa shape index (κ2) is 9.69. The fourth-order valence-electron chi connectivity index (χ4n) is 3.29. The Labute approximate surface area is 209 Å². The van der Waals surface area contributed by atoms with E-state index in [1.54, 1.807) is 18.9 Å². The summed E-state index contributed by atoms with van der Waals surface area (Å²) in [5.74, 6) is 0.812. The van der Waals surface area contributed by atoms with Crippen LogP contribution in [0.25, 0.3) is 22.3 Å². The minimum Gasteiger partial charge on any atom is -0.497 e. The average molecular weight is 510 g/mol. The Morgan fingerprint density at radius 3 is 2.09 bits per heavy atom. The number of hydrogen-bond acceptors (Lipinski definition) is 5. The van der Waals surface area contributed by atoms with Gasteiger partial charge in [-0.05, 0) is 84.1 Å². The molecule has 2 heterocycles. The summed E-state index contributed by atoms with van der Waals surface area (Å²) in [6, 6.07) is 25.4. The molecule has 0 radical (unpaired) electrons. The predicted octanol–water partition coefficient (Wildman–Crippen LogP) is 8.24. The molecule has 5 rings (SSSR count). The van der Waals surface area contributed by atoms with Crippen LogP contribution >= 0.6 is 46.7 Å². The van der Waals surface area contributed by atoms with Crippen LogP contribution in [0.1, 0.15) is 0 Å². The zero-order valence-corrected chi connectivity index (χ0v) is 20.5. The molecule has 33 heavy (non-hydrogen) atoms. The van der Waals surface area contributed by atoms with Crippen LogP contribution < -0.4 is 4.74 Å². The Morgan fingerprint density at radius 2 is 1.45 bits per heavy atom. The van der Waals surface area contributed by atoms with Crippen LogP contribution in [0.4, 0.5) is 0 Å². The number of aromatic amines is 1. The van der Waals surface area contributed by atoms with E-state index in [0.29, 0.717) is 15.2 Å². The number of ether oxygens (including phenoxy) is 1. The molecule has 0 bridgehead atoms. The van der Waals surface area contributed by atoms with Crippen molar-refractivity contribution in [2.75, 3.05) is 7.11 Å². The lowest BCUT2D eigenvalue weighted by Crippen LogP contribution is -1.91. The van der Waals surface area contributed by atoms with Gasteiger partial charge in [0.2, 0.25) is 0 Å². The van der Waals surface area contributed by atoms with Crippen molar-refractivity contribution in [3.63, 3.8) is 0 Å². The van der Waals surface area contributed by atoms with Gasteiger partial charge in [0.1, 0.15) is 16.4 Å². The molecule has 0 fully saturated rings. The summed E-state index contributed by atoms with van der Waals surface area (Å²) in [7, 11) is 1.66. The summed E-state index contributed by atoms with van der Waals surface area (Å²) in [5, 5.41) is 3.80. The molecule has 0 aliphatic carbocycles. The highest BCUT2D eigenvalue weighted by Gasteiger charge is 2.15. The van der Waals surface area contributed by atoms with Gasteiger partial charge in [-0.1, -0.05) is 47.1 Å². The number of rotatable bonds is 6. The van der Waals surface area contributed by atoms with Crippen LogP contribution in [-0.2, 0) is 0 Å². The molecule has 0 unspecified atom stereocenters. The molecule has 8 heteroatoms. The molecule has 2 aromatic heterocycles. The minimum atomic E-state index is 0.637. The van der Waals surface area contributed by atoms with Crippen molar-refractivity contribution in [3.05, 3.63) is 88.9 Å². The summed E-state index contributed by atoms with van der Waals surface area (Å²) in [6.45, 7) is 0. The van der Waals surface area contributed by atoms with Crippen LogP contribution in [0.2, 0.25) is 10.0 Å². The normalized spacial score (nSPS) is 11.1. The Hall–Kier alpha value is -2.64. The zero-order valence-electron chi connectivity index (χ0n) is 17.4. The van der Waals surface area contributed by atoms with E-state index in [-0.39, 0.29) is 0 Å². The molecule has 0 spiro atoms. The van der Waals surface area contributed by atoms with Crippen molar-refractivity contribution in [3.8, 4) is 17.0 Å². The molecule has 164 valence electrons. The number of aromatic nitrogens is 3. The van der Waals surface area contributed by atoms with Gasteiger partial charge in [0.15, 0.2) is 5.16 Å². The second-order valence-corrected chi connectivity index (χ2v) is 10.1. The first-order chi connectivity index (χ1) is 16.1. The standard InChI is InChI=1S/C25H17Cl2N3OS2/c1-31-18-10-8-15(9-11-18)22-14-21-23(28-22)29-25(33-20-7-3-5-17(27)13-20)30-24(21)32-19-6-2-4-16(26)12-19/h2-14H,1H3,(H,28,29,30). The van der Waals surface area contributed by atoms with Crippen molar-refractivity contribution in [2.45, 2.75) is 20.0 Å². The molecule has 0 saturated carbocycles. The maximum Gasteiger partial charge on any atom is 0.195 e. The summed E-state index contributed by atoms with van der Waals surface area (Å²) >= 11 is 15.4. The molecule has 0 aliphatic rings. The first-order valence-corrected chi connectivity index (χ1v) is 12.4. The molecule has 0 aliphatic heterocycles. The van der Waals surface area contributed by atoms with Gasteiger partial charge in [0, 0.05) is 25.5 Å². The summed E-state index contributed by atoms with van der Waals surface area (Å²) in [5.41, 5.74) is 2.77. The van der Waals surface area contributed by atoms with E-state index in [4.69, 9.17) is 37.9 Å². The minimum absolute atomic E-state index is 0.637. The maximum atomic E-state index is 6.21. The lowest BCUT2D eigenvalue weighted by Gasteiger charge is -2.06. The number of nitrogens with one attached hydrogen (secondary N) is 1. The number of H-pyrrole nitrogens is 1. The third-order valence-corrected chi connectivity index (χ3v) is 7.17. The Bertz CT molecular complexity index is 1440. The molecular formula is C25H17Cl2N3OS2. The molecule has 5 aromatic rings. The average Bonchev–Trinajstić information content (AvgIpc) is 3.24. The van der Waals surface area contributed by atoms with Gasteiger partial charge < -0.3 is 9.72 Å². The molecule has 0 amide bonds. The number of methoxy groups -OCH3 is 1. The molecular weight excluding hydrogens is 493 g/mol. The Morgan fingerprint density at radius 1 is 0.788 bits per heavy atom. The third kappa shape index (κ3) is 5.14. The maximum absolute atomic E-state index is 6.21. The number of benzene rings is 3. The molecule has 0 saturated heterocycles. The number of nitrogens with zero attached hydrogens (tertiary/aromatic N) is 2. The van der Waals surface area contributed by atoms with E-state index < -0.39 is 0 Å². The van der Waals surface area contributed by atoms with Gasteiger partial charge in [-0.15, -0.1) is 0 Å². The fourth-order valence-corrected chi connectivity index (χ4v) is 5.63. The van der Waals surface area contributed by atoms with Gasteiger partial charge in [0.05, 0.1) is 12.5 Å². The number of fused-ring (bicyclic) bond motifs is 1. The highest BCUT2D eigenvalue weighted by Crippen LogP contribution is 2.37. The van der Waals surface area contributed by atoms with Gasteiger partial charge in [-0.25, -0.2) is 9.97 Å². The van der Waals surface area contributed by atoms with Crippen LogP contribution in [0.5, 0.6) is 5.75 Å². The summed E-state index contributed by atoms with van der Waals surface area (Å²) < 4.78 is 5.28. The molecule has 0 atom stereocenters. The topological polar surface area (TPSA) is 50.8 Å². The van der Waals surface area contributed by atoms with E-state index in [9.17, 15) is 0 Å². The summed E-state index contributed by atoms with van der Waals surface area (Å²) in [4.78, 5) is 15.1. The number of hydrogen-bond donors (Lipinski definition) is 1. The van der Waals surface area contributed by atoms with E-state index in [2.05, 4.69) is 11.1 Å². The Balaban J connectivity index is 1.59.